The molecule has 0 bridgehead atoms. The molecule has 0 atom stereocenters. The van der Waals surface area contributed by atoms with E-state index in [2.05, 4.69) is 27.7 Å². The monoisotopic (exact) mass is 342 g/mol. The lowest BCUT2D eigenvalue weighted by molar-refractivity contribution is -0.158. The summed E-state index contributed by atoms with van der Waals surface area (Å²) in [5.74, 6) is 0.0635. The normalized spacial score (nSPS) is 15.5. The number of carbonyl (C=O) groups is 1. The van der Waals surface area contributed by atoms with Crippen LogP contribution in [0.25, 0.3) is 11.6 Å². The molecule has 0 radical (unpaired) electrons. The molecule has 1 aromatic carbocycles. The van der Waals surface area contributed by atoms with Crippen molar-refractivity contribution in [3.05, 3.63) is 65.3 Å². The second kappa shape index (κ2) is 7.06. The standard InChI is InChI=1S/C16H10N2O5S/c17-9-13-15(10-3-5-11(6-4-10)18-22-23-24)14(21-16(13)19)8-12-2-1-7-20-12/h1-8,18,24H/b14-8+. The number of nitrogens with zero attached hydrogens (tertiary/aromatic N) is 1. The van der Waals surface area contributed by atoms with Gasteiger partial charge in [-0.1, -0.05) is 12.1 Å². The first-order valence-corrected chi connectivity index (χ1v) is 7.05. The van der Waals surface area contributed by atoms with Crippen molar-refractivity contribution in [3.63, 3.8) is 0 Å². The SMILES string of the molecule is N#CC1=C(c2ccc(NOOS)cc2)/C(=C\c2ccco2)OC1=O. The summed E-state index contributed by atoms with van der Waals surface area (Å²) >= 11 is 3.43. The van der Waals surface area contributed by atoms with Gasteiger partial charge in [-0.3, -0.25) is 0 Å². The molecular formula is C16H10N2O5S. The maximum Gasteiger partial charge on any atom is 0.355 e. The van der Waals surface area contributed by atoms with Crippen molar-refractivity contribution >= 4 is 36.2 Å². The highest BCUT2D eigenvalue weighted by atomic mass is 32.1. The molecule has 1 N–H and O–H groups in total. The van der Waals surface area contributed by atoms with Crippen molar-refractivity contribution in [2.45, 2.75) is 0 Å². The maximum absolute atomic E-state index is 11.9. The van der Waals surface area contributed by atoms with Gasteiger partial charge in [0, 0.05) is 24.6 Å². The van der Waals surface area contributed by atoms with Crippen LogP contribution in [0.15, 0.2) is 58.4 Å². The van der Waals surface area contributed by atoms with Crippen LogP contribution >= 0.6 is 12.9 Å². The average Bonchev–Trinajstić information content (AvgIpc) is 3.21. The second-order valence-corrected chi connectivity index (χ2v) is 4.76. The molecule has 3 rings (SSSR count). The molecule has 2 heterocycles. The van der Waals surface area contributed by atoms with E-state index in [1.807, 2.05) is 6.07 Å². The van der Waals surface area contributed by atoms with Crippen molar-refractivity contribution in [1.29, 1.82) is 5.26 Å². The molecule has 120 valence electrons. The summed E-state index contributed by atoms with van der Waals surface area (Å²) in [4.78, 5) is 16.4. The molecule has 1 aliphatic heterocycles. The molecule has 0 saturated heterocycles. The number of allylic oxidation sites excluding steroid dienone is 1. The summed E-state index contributed by atoms with van der Waals surface area (Å²) in [6.45, 7) is 0. The maximum atomic E-state index is 11.9. The van der Waals surface area contributed by atoms with Crippen LogP contribution in [0.1, 0.15) is 11.3 Å². The predicted octanol–water partition coefficient (Wildman–Crippen LogP) is 3.27. The Morgan fingerprint density at radius 2 is 2.04 bits per heavy atom. The van der Waals surface area contributed by atoms with Crippen LogP contribution in [0.4, 0.5) is 5.69 Å². The number of rotatable bonds is 5. The highest BCUT2D eigenvalue weighted by molar-refractivity contribution is 7.74. The largest absolute Gasteiger partial charge is 0.465 e. The Hall–Kier alpha value is -2.99. The summed E-state index contributed by atoms with van der Waals surface area (Å²) in [6, 6.07) is 12.1. The minimum absolute atomic E-state index is 0.0662. The van der Waals surface area contributed by atoms with Gasteiger partial charge in [0.25, 0.3) is 0 Å². The van der Waals surface area contributed by atoms with E-state index in [-0.39, 0.29) is 11.3 Å². The van der Waals surface area contributed by atoms with Crippen LogP contribution in [0.5, 0.6) is 0 Å². The van der Waals surface area contributed by atoms with Crippen LogP contribution in [-0.2, 0) is 18.9 Å². The first kappa shape index (κ1) is 15.9. The Kier molecular flexibility index (Phi) is 4.67. The van der Waals surface area contributed by atoms with Crippen LogP contribution in [0, 0.1) is 11.3 Å². The van der Waals surface area contributed by atoms with E-state index in [4.69, 9.17) is 9.15 Å². The Labute approximate surface area is 142 Å². The summed E-state index contributed by atoms with van der Waals surface area (Å²) in [5, 5.41) is 9.27. The van der Waals surface area contributed by atoms with Gasteiger partial charge >= 0.3 is 5.97 Å². The predicted molar refractivity (Wildman–Crippen MR) is 86.5 cm³/mol. The fourth-order valence-corrected chi connectivity index (χ4v) is 2.23. The van der Waals surface area contributed by atoms with Gasteiger partial charge in [0.05, 0.1) is 12.0 Å². The van der Waals surface area contributed by atoms with Crippen LogP contribution in [-0.4, -0.2) is 5.97 Å². The fourth-order valence-electron chi connectivity index (χ4n) is 2.19. The highest BCUT2D eigenvalue weighted by Gasteiger charge is 2.31. The van der Waals surface area contributed by atoms with Gasteiger partial charge in [-0.25, -0.2) is 10.3 Å². The molecule has 24 heavy (non-hydrogen) atoms. The summed E-state index contributed by atoms with van der Waals surface area (Å²) < 4.78 is 14.6. The minimum atomic E-state index is -0.695. The smallest absolute Gasteiger partial charge is 0.355 e. The molecular weight excluding hydrogens is 332 g/mol. The lowest BCUT2D eigenvalue weighted by atomic mass is 9.99. The van der Waals surface area contributed by atoms with Gasteiger partial charge in [-0.2, -0.15) is 5.26 Å². The van der Waals surface area contributed by atoms with E-state index >= 15 is 0 Å². The first-order valence-electron chi connectivity index (χ1n) is 6.68. The highest BCUT2D eigenvalue weighted by Crippen LogP contribution is 2.36. The number of nitriles is 1. The lowest BCUT2D eigenvalue weighted by Crippen LogP contribution is -1.97. The Bertz CT molecular complexity index is 848. The third kappa shape index (κ3) is 3.18. The molecule has 0 fully saturated rings. The van der Waals surface area contributed by atoms with E-state index in [0.717, 1.165) is 0 Å². The summed E-state index contributed by atoms with van der Waals surface area (Å²) in [7, 11) is 0. The van der Waals surface area contributed by atoms with Crippen molar-refractivity contribution in [3.8, 4) is 6.07 Å². The van der Waals surface area contributed by atoms with Gasteiger partial charge in [-0.05, 0) is 29.8 Å². The van der Waals surface area contributed by atoms with E-state index in [9.17, 15) is 10.1 Å². The molecule has 7 nitrogen and oxygen atoms in total. The molecule has 0 saturated carbocycles. The Balaban J connectivity index is 1.99. The van der Waals surface area contributed by atoms with E-state index in [1.54, 1.807) is 42.5 Å². The third-order valence-electron chi connectivity index (χ3n) is 3.20. The van der Waals surface area contributed by atoms with E-state index in [0.29, 0.717) is 22.6 Å². The molecule has 8 heteroatoms. The number of hydrogen-bond donors (Lipinski definition) is 2. The fraction of sp³-hybridized carbons (Fsp3) is 0. The van der Waals surface area contributed by atoms with Crippen molar-refractivity contribution in [1.82, 2.24) is 0 Å². The number of cyclic esters (lactones) is 1. The molecule has 0 amide bonds. The number of carbonyl (C=O) groups excluding carboxylic acids is 1. The molecule has 2 aromatic rings. The third-order valence-corrected chi connectivity index (χ3v) is 3.28. The number of furan rings is 1. The second-order valence-electron chi connectivity index (χ2n) is 4.61. The molecule has 0 unspecified atom stereocenters. The van der Waals surface area contributed by atoms with Gasteiger partial charge in [0.2, 0.25) is 0 Å². The first-order chi connectivity index (χ1) is 11.7. The Morgan fingerprint density at radius 1 is 1.25 bits per heavy atom. The van der Waals surface area contributed by atoms with Crippen LogP contribution < -0.4 is 5.48 Å². The van der Waals surface area contributed by atoms with Crippen molar-refractivity contribution in [2.75, 3.05) is 5.48 Å². The molecule has 1 aliphatic rings. The molecule has 0 aliphatic carbocycles. The zero-order valence-corrected chi connectivity index (χ0v) is 12.9. The van der Waals surface area contributed by atoms with E-state index in [1.165, 1.54) is 6.26 Å². The summed E-state index contributed by atoms with van der Waals surface area (Å²) in [5.41, 5.74) is 4.04. The number of thiol groups is 1. The zero-order chi connectivity index (χ0) is 16.9. The molecule has 0 spiro atoms. The topological polar surface area (TPSA) is 93.7 Å². The quantitative estimate of drug-likeness (QED) is 0.283. The number of ether oxygens (including phenoxy) is 1. The van der Waals surface area contributed by atoms with Gasteiger partial charge in [-0.15, -0.1) is 9.32 Å². The zero-order valence-electron chi connectivity index (χ0n) is 12.1. The lowest BCUT2D eigenvalue weighted by Gasteiger charge is -2.06. The average molecular weight is 342 g/mol. The van der Waals surface area contributed by atoms with E-state index < -0.39 is 5.97 Å². The minimum Gasteiger partial charge on any atom is -0.465 e. The Morgan fingerprint density at radius 3 is 2.67 bits per heavy atom. The van der Waals surface area contributed by atoms with Crippen LogP contribution in [0.3, 0.4) is 0 Å². The van der Waals surface area contributed by atoms with Gasteiger partial charge in [0.1, 0.15) is 23.2 Å². The van der Waals surface area contributed by atoms with Crippen molar-refractivity contribution < 1.29 is 23.3 Å². The molecule has 1 aromatic heterocycles. The van der Waals surface area contributed by atoms with Crippen molar-refractivity contribution in [2.24, 2.45) is 0 Å². The number of hydrogen-bond acceptors (Lipinski definition) is 8. The van der Waals surface area contributed by atoms with Gasteiger partial charge in [0.15, 0.2) is 0 Å². The van der Waals surface area contributed by atoms with Crippen LogP contribution in [0.2, 0.25) is 0 Å². The number of anilines is 1. The number of benzene rings is 1. The summed E-state index contributed by atoms with van der Waals surface area (Å²) in [6.07, 6.45) is 3.06. The van der Waals surface area contributed by atoms with Gasteiger partial charge < -0.3 is 9.15 Å². The number of nitrogens with one attached hydrogen (secondary N) is 1. The number of esters is 1.